The van der Waals surface area contributed by atoms with Crippen LogP contribution in [-0.4, -0.2) is 23.6 Å². The summed E-state index contributed by atoms with van der Waals surface area (Å²) in [6.07, 6.45) is 17.9. The molecule has 1 aromatic heterocycles. The molecule has 6 heteroatoms. The van der Waals surface area contributed by atoms with E-state index in [1.165, 1.54) is 51.0 Å². The highest BCUT2D eigenvalue weighted by molar-refractivity contribution is 5.93. The van der Waals surface area contributed by atoms with Crippen LogP contribution < -0.4 is 5.32 Å². The number of hydrogen-bond acceptors (Lipinski definition) is 5. The Hall–Kier alpha value is -3.07. The molecule has 1 atom stereocenters. The van der Waals surface area contributed by atoms with Gasteiger partial charge in [-0.3, -0.25) is 0 Å². The lowest BCUT2D eigenvalue weighted by molar-refractivity contribution is -0.143. The molecule has 1 aliphatic carbocycles. The van der Waals surface area contributed by atoms with Crippen LogP contribution in [0.5, 0.6) is 0 Å². The van der Waals surface area contributed by atoms with Gasteiger partial charge >= 0.3 is 12.1 Å². The summed E-state index contributed by atoms with van der Waals surface area (Å²) in [4.78, 5) is 29.9. The highest BCUT2D eigenvalue weighted by Crippen LogP contribution is 2.37. The minimum atomic E-state index is -1.39. The highest BCUT2D eigenvalue weighted by atomic mass is 16.6. The average molecular weight is 437 g/mol. The second kappa shape index (κ2) is 12.1. The van der Waals surface area contributed by atoms with Gasteiger partial charge in [0, 0.05) is 13.0 Å². The fourth-order valence-electron chi connectivity index (χ4n) is 4.53. The molecule has 1 aromatic carbocycles. The molecule has 1 amide bonds. The molecule has 0 radical (unpaired) electrons. The van der Waals surface area contributed by atoms with Crippen LogP contribution >= 0.6 is 0 Å². The number of unbranched alkanes of at least 4 members (excludes halogenated alkanes) is 1. The van der Waals surface area contributed by atoms with Crippen molar-refractivity contribution in [3.8, 4) is 12.3 Å². The topological polar surface area (TPSA) is 81.4 Å². The Morgan fingerprint density at radius 2 is 1.97 bits per heavy atom. The summed E-state index contributed by atoms with van der Waals surface area (Å²) in [6.45, 7) is 0.473. The molecule has 1 fully saturated rings. The fourth-order valence-corrected chi connectivity index (χ4v) is 4.53. The van der Waals surface area contributed by atoms with E-state index in [0.29, 0.717) is 12.1 Å². The number of ether oxygens (including phenoxy) is 1. The van der Waals surface area contributed by atoms with Crippen LogP contribution in [0.15, 0.2) is 47.2 Å². The third-order valence-electron chi connectivity index (χ3n) is 6.28. The molecule has 1 unspecified atom stereocenters. The van der Waals surface area contributed by atoms with E-state index in [1.807, 2.05) is 18.2 Å². The van der Waals surface area contributed by atoms with Gasteiger partial charge in [-0.05, 0) is 24.3 Å². The van der Waals surface area contributed by atoms with Gasteiger partial charge in [-0.15, -0.1) is 12.3 Å². The van der Waals surface area contributed by atoms with Crippen LogP contribution in [0.2, 0.25) is 0 Å². The molecule has 2 aromatic rings. The summed E-state index contributed by atoms with van der Waals surface area (Å²) in [5.41, 5.74) is -0.780. The van der Waals surface area contributed by atoms with Gasteiger partial charge in [0.15, 0.2) is 5.41 Å². The lowest BCUT2D eigenvalue weighted by atomic mass is 9.76. The molecule has 3 rings (SSSR count). The molecule has 1 saturated carbocycles. The predicted octanol–water partition coefficient (Wildman–Crippen LogP) is 5.38. The molecule has 170 valence electrons. The third kappa shape index (κ3) is 6.00. The Balaban J connectivity index is 1.61. The lowest BCUT2D eigenvalue weighted by Crippen LogP contribution is -2.42. The highest BCUT2D eigenvalue weighted by Gasteiger charge is 2.48. The van der Waals surface area contributed by atoms with Crippen molar-refractivity contribution in [1.29, 1.82) is 0 Å². The number of terminal acetylenes is 1. The van der Waals surface area contributed by atoms with Crippen LogP contribution in [0.25, 0.3) is 0 Å². The van der Waals surface area contributed by atoms with E-state index < -0.39 is 17.5 Å². The number of esters is 1. The number of rotatable bonds is 10. The molecule has 0 saturated heterocycles. The molecule has 6 nitrogen and oxygen atoms in total. The molecule has 0 bridgehead atoms. The zero-order chi connectivity index (χ0) is 22.7. The average Bonchev–Trinajstić information content (AvgIpc) is 3.36. The molecule has 1 aliphatic rings. The zero-order valence-corrected chi connectivity index (χ0v) is 18.6. The van der Waals surface area contributed by atoms with Gasteiger partial charge in [-0.1, -0.05) is 75.3 Å². The maximum absolute atomic E-state index is 13.3. The first kappa shape index (κ1) is 23.6. The molecule has 0 spiro atoms. The van der Waals surface area contributed by atoms with E-state index in [9.17, 15) is 9.59 Å². The molecular formula is C26H32N2O4. The second-order valence-electron chi connectivity index (χ2n) is 8.42. The van der Waals surface area contributed by atoms with Crippen molar-refractivity contribution in [2.45, 2.75) is 69.6 Å². The Kier molecular flexibility index (Phi) is 8.91. The van der Waals surface area contributed by atoms with Gasteiger partial charge < -0.3 is 14.5 Å². The summed E-state index contributed by atoms with van der Waals surface area (Å²) in [7, 11) is 0. The number of carbonyl (C=O) groups excluding carboxylic acids is 2. The smallest absolute Gasteiger partial charge is 0.414 e. The van der Waals surface area contributed by atoms with Gasteiger partial charge in [-0.2, -0.15) is 0 Å². The van der Waals surface area contributed by atoms with Crippen molar-refractivity contribution < 1.29 is 18.7 Å². The second-order valence-corrected chi connectivity index (χ2v) is 8.42. The summed E-state index contributed by atoms with van der Waals surface area (Å²) in [5.74, 6) is 2.79. The maximum atomic E-state index is 13.3. The summed E-state index contributed by atoms with van der Waals surface area (Å²) >= 11 is 0. The van der Waals surface area contributed by atoms with Crippen molar-refractivity contribution in [3.05, 3.63) is 54.2 Å². The minimum Gasteiger partial charge on any atom is -0.447 e. The van der Waals surface area contributed by atoms with Crippen molar-refractivity contribution in [3.63, 3.8) is 0 Å². The van der Waals surface area contributed by atoms with Crippen LogP contribution in [0.1, 0.15) is 75.7 Å². The standard InChI is InChI=1S/C26H32N2O4/c1-2-3-17-26(23-27-19-20-31-23,22-15-8-5-9-16-22)24(29)32-25(30)28-18-11-10-14-21-12-6-4-7-13-21/h1,5,8-9,15-16,19-21H,3-4,6-7,10-14,17-18H2,(H,28,30). The fraction of sp³-hybridized carbons (Fsp3) is 0.500. The van der Waals surface area contributed by atoms with Gasteiger partial charge in [0.05, 0.1) is 6.20 Å². The van der Waals surface area contributed by atoms with Gasteiger partial charge in [0.2, 0.25) is 5.89 Å². The Labute approximate surface area is 190 Å². The first-order valence-electron chi connectivity index (χ1n) is 11.6. The zero-order valence-electron chi connectivity index (χ0n) is 18.6. The summed E-state index contributed by atoms with van der Waals surface area (Å²) < 4.78 is 10.7. The van der Waals surface area contributed by atoms with E-state index >= 15 is 0 Å². The Morgan fingerprint density at radius 3 is 2.66 bits per heavy atom. The van der Waals surface area contributed by atoms with E-state index in [2.05, 4.69) is 16.2 Å². The van der Waals surface area contributed by atoms with Crippen molar-refractivity contribution in [2.24, 2.45) is 5.92 Å². The number of nitrogens with zero attached hydrogens (tertiary/aromatic N) is 1. The lowest BCUT2D eigenvalue weighted by Gasteiger charge is -2.28. The van der Waals surface area contributed by atoms with E-state index in [0.717, 1.165) is 18.8 Å². The van der Waals surface area contributed by atoms with Crippen molar-refractivity contribution >= 4 is 12.1 Å². The van der Waals surface area contributed by atoms with Crippen LogP contribution in [-0.2, 0) is 14.9 Å². The Bertz CT molecular complexity index is 882. The van der Waals surface area contributed by atoms with Crippen LogP contribution in [0, 0.1) is 18.3 Å². The minimum absolute atomic E-state index is 0.157. The summed E-state index contributed by atoms with van der Waals surface area (Å²) in [6, 6.07) is 9.03. The number of amides is 1. The number of alkyl carbamates (subject to hydrolysis) is 1. The number of hydrogen-bond donors (Lipinski definition) is 1. The number of nitrogens with one attached hydrogen (secondary N) is 1. The number of carbonyl (C=O) groups is 2. The normalized spacial score (nSPS) is 16.0. The largest absolute Gasteiger partial charge is 0.447 e. The molecule has 1 heterocycles. The summed E-state index contributed by atoms with van der Waals surface area (Å²) in [5, 5.41) is 2.70. The van der Waals surface area contributed by atoms with Gasteiger partial charge in [0.1, 0.15) is 6.26 Å². The van der Waals surface area contributed by atoms with Gasteiger partial charge in [0.25, 0.3) is 0 Å². The Morgan fingerprint density at radius 1 is 1.19 bits per heavy atom. The first-order valence-corrected chi connectivity index (χ1v) is 11.6. The SMILES string of the molecule is C#CCCC(C(=O)OC(=O)NCCCCC1CCCCC1)(c1ccccc1)c1ncco1. The maximum Gasteiger partial charge on any atom is 0.414 e. The number of aromatic nitrogens is 1. The predicted molar refractivity (Wildman–Crippen MR) is 122 cm³/mol. The van der Waals surface area contributed by atoms with Crippen molar-refractivity contribution in [2.75, 3.05) is 6.54 Å². The molecule has 0 aliphatic heterocycles. The van der Waals surface area contributed by atoms with Crippen LogP contribution in [0.4, 0.5) is 4.79 Å². The molecule has 1 N–H and O–H groups in total. The first-order chi connectivity index (χ1) is 15.7. The third-order valence-corrected chi connectivity index (χ3v) is 6.28. The van der Waals surface area contributed by atoms with Crippen molar-refractivity contribution in [1.82, 2.24) is 10.3 Å². The molecular weight excluding hydrogens is 404 g/mol. The quantitative estimate of drug-likeness (QED) is 0.234. The van der Waals surface area contributed by atoms with E-state index in [4.69, 9.17) is 15.6 Å². The van der Waals surface area contributed by atoms with Crippen LogP contribution in [0.3, 0.4) is 0 Å². The van der Waals surface area contributed by atoms with Gasteiger partial charge in [-0.25, -0.2) is 14.6 Å². The van der Waals surface area contributed by atoms with E-state index in [-0.39, 0.29) is 18.7 Å². The monoisotopic (exact) mass is 436 g/mol. The van der Waals surface area contributed by atoms with E-state index in [1.54, 1.807) is 12.1 Å². The number of oxazole rings is 1. The molecule has 32 heavy (non-hydrogen) atoms. The number of benzene rings is 1.